The summed E-state index contributed by atoms with van der Waals surface area (Å²) >= 11 is 0. The van der Waals surface area contributed by atoms with E-state index in [2.05, 4.69) is 15.9 Å². The van der Waals surface area contributed by atoms with Crippen LogP contribution in [0.3, 0.4) is 0 Å². The van der Waals surface area contributed by atoms with Crippen molar-refractivity contribution in [2.45, 2.75) is 39.1 Å². The van der Waals surface area contributed by atoms with E-state index in [-0.39, 0.29) is 4.90 Å². The van der Waals surface area contributed by atoms with Gasteiger partial charge in [0.1, 0.15) is 4.90 Å². The first-order valence-electron chi connectivity index (χ1n) is 7.56. The molecule has 0 aliphatic carbocycles. The third kappa shape index (κ3) is 3.34. The number of sulfonamides is 1. The van der Waals surface area contributed by atoms with Gasteiger partial charge in [-0.05, 0) is 50.5 Å². The maximum absolute atomic E-state index is 12.5. The fourth-order valence-corrected chi connectivity index (χ4v) is 3.57. The number of nitriles is 1. The van der Waals surface area contributed by atoms with Gasteiger partial charge in [0.15, 0.2) is 0 Å². The average molecular weight is 344 g/mol. The van der Waals surface area contributed by atoms with E-state index >= 15 is 0 Å². The zero-order valence-electron chi connectivity index (χ0n) is 14.2. The molecule has 126 valence electrons. The summed E-state index contributed by atoms with van der Waals surface area (Å²) in [7, 11) is -3.73. The van der Waals surface area contributed by atoms with Crippen molar-refractivity contribution < 1.29 is 8.42 Å². The zero-order chi connectivity index (χ0) is 17.9. The average Bonchev–Trinajstić information content (AvgIpc) is 3.04. The second-order valence-electron chi connectivity index (χ2n) is 5.38. The highest BCUT2D eigenvalue weighted by Gasteiger charge is 2.19. The molecule has 1 aromatic carbocycles. The Hall–Kier alpha value is -2.59. The number of allylic oxidation sites excluding steroid dienone is 2. The fourth-order valence-electron chi connectivity index (χ4n) is 2.50. The first-order valence-corrected chi connectivity index (χ1v) is 9.04. The molecule has 0 amide bonds. The number of hydrogen-bond acceptors (Lipinski definition) is 4. The largest absolute Gasteiger partial charge is 0.279 e. The molecule has 0 aliphatic rings. The SMILES string of the molecule is C/C=C(/C#N)c1c(C)ccc(NS(=O)(=O)c2cnn(CC)c2)c1C. The number of hydrogen-bond donors (Lipinski definition) is 1. The Bertz CT molecular complexity index is 934. The maximum atomic E-state index is 12.5. The fraction of sp³-hybridized carbons (Fsp3) is 0.294. The quantitative estimate of drug-likeness (QED) is 0.843. The number of aryl methyl sites for hydroxylation is 2. The van der Waals surface area contributed by atoms with E-state index in [0.29, 0.717) is 17.8 Å². The highest BCUT2D eigenvalue weighted by Crippen LogP contribution is 2.29. The molecule has 1 heterocycles. The lowest BCUT2D eigenvalue weighted by molar-refractivity contribution is 0.600. The van der Waals surface area contributed by atoms with Crippen LogP contribution in [-0.2, 0) is 16.6 Å². The summed E-state index contributed by atoms with van der Waals surface area (Å²) in [6.45, 7) is 7.96. The minimum absolute atomic E-state index is 0.109. The van der Waals surface area contributed by atoms with Gasteiger partial charge in [-0.25, -0.2) is 8.42 Å². The summed E-state index contributed by atoms with van der Waals surface area (Å²) in [5.41, 5.74) is 3.36. The molecule has 0 radical (unpaired) electrons. The number of aromatic nitrogens is 2. The van der Waals surface area contributed by atoms with Crippen LogP contribution >= 0.6 is 0 Å². The molecule has 1 aromatic heterocycles. The number of nitrogens with one attached hydrogen (secondary N) is 1. The Morgan fingerprint density at radius 1 is 1.42 bits per heavy atom. The Morgan fingerprint density at radius 2 is 2.12 bits per heavy atom. The molecule has 1 N–H and O–H groups in total. The second-order valence-corrected chi connectivity index (χ2v) is 7.06. The minimum Gasteiger partial charge on any atom is -0.279 e. The molecule has 7 heteroatoms. The topological polar surface area (TPSA) is 87.8 Å². The van der Waals surface area contributed by atoms with Crippen molar-refractivity contribution in [3.8, 4) is 6.07 Å². The number of nitrogens with zero attached hydrogens (tertiary/aromatic N) is 3. The molecular weight excluding hydrogens is 324 g/mol. The summed E-state index contributed by atoms with van der Waals surface area (Å²) < 4.78 is 29.2. The van der Waals surface area contributed by atoms with Crippen LogP contribution in [0.1, 0.15) is 30.5 Å². The minimum atomic E-state index is -3.73. The first-order chi connectivity index (χ1) is 11.3. The standard InChI is InChI=1S/C17H20N4O2S/c1-5-14(9-18)17-12(3)7-8-16(13(17)4)20-24(22,23)15-10-19-21(6-2)11-15/h5,7-8,10-11,20H,6H2,1-4H3/b14-5-. The Morgan fingerprint density at radius 3 is 2.67 bits per heavy atom. The molecule has 0 spiro atoms. The van der Waals surface area contributed by atoms with Crippen molar-refractivity contribution in [3.05, 3.63) is 47.3 Å². The van der Waals surface area contributed by atoms with Crippen molar-refractivity contribution in [2.24, 2.45) is 0 Å². The molecule has 0 aliphatic heterocycles. The lowest BCUT2D eigenvalue weighted by Gasteiger charge is -2.15. The van der Waals surface area contributed by atoms with Gasteiger partial charge in [-0.3, -0.25) is 9.40 Å². The van der Waals surface area contributed by atoms with E-state index in [1.54, 1.807) is 36.7 Å². The molecule has 0 atom stereocenters. The van der Waals surface area contributed by atoms with Crippen molar-refractivity contribution in [2.75, 3.05) is 4.72 Å². The van der Waals surface area contributed by atoms with Gasteiger partial charge in [0.2, 0.25) is 0 Å². The van der Waals surface area contributed by atoms with Gasteiger partial charge in [-0.15, -0.1) is 0 Å². The summed E-state index contributed by atoms with van der Waals surface area (Å²) in [4.78, 5) is 0.109. The van der Waals surface area contributed by atoms with E-state index in [9.17, 15) is 13.7 Å². The normalized spacial score (nSPS) is 12.0. The van der Waals surface area contributed by atoms with Gasteiger partial charge in [0, 0.05) is 12.7 Å². The van der Waals surface area contributed by atoms with E-state index in [1.165, 1.54) is 12.4 Å². The molecule has 0 unspecified atom stereocenters. The summed E-state index contributed by atoms with van der Waals surface area (Å²) in [5.74, 6) is 0. The molecule has 0 bridgehead atoms. The van der Waals surface area contributed by atoms with Crippen LogP contribution in [0.5, 0.6) is 0 Å². The van der Waals surface area contributed by atoms with Gasteiger partial charge < -0.3 is 0 Å². The molecule has 24 heavy (non-hydrogen) atoms. The number of anilines is 1. The number of benzene rings is 1. The van der Waals surface area contributed by atoms with Gasteiger partial charge in [-0.2, -0.15) is 10.4 Å². The van der Waals surface area contributed by atoms with Crippen LogP contribution < -0.4 is 4.72 Å². The number of rotatable bonds is 5. The van der Waals surface area contributed by atoms with Gasteiger partial charge >= 0.3 is 0 Å². The molecule has 2 aromatic rings. The molecular formula is C17H20N4O2S. The monoisotopic (exact) mass is 344 g/mol. The van der Waals surface area contributed by atoms with E-state index in [0.717, 1.165) is 16.7 Å². The second kappa shape index (κ2) is 6.89. The van der Waals surface area contributed by atoms with E-state index < -0.39 is 10.0 Å². The predicted octanol–water partition coefficient (Wildman–Crippen LogP) is 3.25. The van der Waals surface area contributed by atoms with Gasteiger partial charge in [0.05, 0.1) is 23.5 Å². The van der Waals surface area contributed by atoms with Crippen LogP contribution in [0.25, 0.3) is 5.57 Å². The lowest BCUT2D eigenvalue weighted by atomic mass is 9.95. The molecule has 0 saturated carbocycles. The third-order valence-electron chi connectivity index (χ3n) is 3.84. The van der Waals surface area contributed by atoms with Crippen LogP contribution in [0.4, 0.5) is 5.69 Å². The molecule has 6 nitrogen and oxygen atoms in total. The van der Waals surface area contributed by atoms with E-state index in [4.69, 9.17) is 0 Å². The molecule has 2 rings (SSSR count). The van der Waals surface area contributed by atoms with Crippen LogP contribution in [0.15, 0.2) is 35.5 Å². The maximum Gasteiger partial charge on any atom is 0.265 e. The van der Waals surface area contributed by atoms with Crippen LogP contribution in [-0.4, -0.2) is 18.2 Å². The highest BCUT2D eigenvalue weighted by atomic mass is 32.2. The lowest BCUT2D eigenvalue weighted by Crippen LogP contribution is -2.14. The highest BCUT2D eigenvalue weighted by molar-refractivity contribution is 7.92. The Labute approximate surface area is 142 Å². The van der Waals surface area contributed by atoms with Gasteiger partial charge in [0.25, 0.3) is 10.0 Å². The van der Waals surface area contributed by atoms with E-state index in [1.807, 2.05) is 13.8 Å². The van der Waals surface area contributed by atoms with Crippen LogP contribution in [0, 0.1) is 25.2 Å². The Kier molecular flexibility index (Phi) is 5.10. The Balaban J connectivity index is 2.47. The molecule has 0 saturated heterocycles. The smallest absolute Gasteiger partial charge is 0.265 e. The zero-order valence-corrected chi connectivity index (χ0v) is 15.0. The summed E-state index contributed by atoms with van der Waals surface area (Å²) in [6, 6.07) is 5.66. The first kappa shape index (κ1) is 17.8. The van der Waals surface area contributed by atoms with Crippen LogP contribution in [0.2, 0.25) is 0 Å². The molecule has 0 fully saturated rings. The van der Waals surface area contributed by atoms with Crippen molar-refractivity contribution in [1.82, 2.24) is 9.78 Å². The summed E-state index contributed by atoms with van der Waals surface area (Å²) in [5, 5.41) is 13.3. The summed E-state index contributed by atoms with van der Waals surface area (Å²) in [6.07, 6.45) is 4.53. The van der Waals surface area contributed by atoms with Gasteiger partial charge in [-0.1, -0.05) is 12.1 Å². The third-order valence-corrected chi connectivity index (χ3v) is 5.16. The van der Waals surface area contributed by atoms with Crippen molar-refractivity contribution in [3.63, 3.8) is 0 Å². The van der Waals surface area contributed by atoms with Crippen molar-refractivity contribution >= 4 is 21.3 Å². The van der Waals surface area contributed by atoms with Crippen molar-refractivity contribution in [1.29, 1.82) is 5.26 Å². The predicted molar refractivity (Wildman–Crippen MR) is 93.9 cm³/mol.